The Morgan fingerprint density at radius 3 is 2.36 bits per heavy atom. The number of carbonyl (C=O) groups is 3. The molecule has 0 unspecified atom stereocenters. The van der Waals surface area contributed by atoms with E-state index in [1.54, 1.807) is 12.1 Å². The average molecular weight is 388 g/mol. The van der Waals surface area contributed by atoms with Crippen LogP contribution in [0.1, 0.15) is 45.4 Å². The first-order chi connectivity index (χ1) is 13.5. The summed E-state index contributed by atoms with van der Waals surface area (Å²) in [7, 11) is 0. The summed E-state index contributed by atoms with van der Waals surface area (Å²) in [5.74, 6) is 0.719. The van der Waals surface area contributed by atoms with Crippen molar-refractivity contribution >= 4 is 17.7 Å². The Hall–Kier alpha value is -2.57. The van der Waals surface area contributed by atoms with Gasteiger partial charge in [0.2, 0.25) is 17.7 Å². The third-order valence-electron chi connectivity index (χ3n) is 5.43. The van der Waals surface area contributed by atoms with Gasteiger partial charge in [-0.25, -0.2) is 0 Å². The van der Waals surface area contributed by atoms with Crippen LogP contribution in [-0.4, -0.2) is 48.9 Å². The molecule has 1 aromatic carbocycles. The van der Waals surface area contributed by atoms with Gasteiger partial charge in [-0.1, -0.05) is 19.3 Å². The van der Waals surface area contributed by atoms with Crippen LogP contribution in [0.5, 0.6) is 11.5 Å². The summed E-state index contributed by atoms with van der Waals surface area (Å²) >= 11 is 0. The van der Waals surface area contributed by atoms with E-state index in [1.807, 2.05) is 19.1 Å². The van der Waals surface area contributed by atoms with Gasteiger partial charge >= 0.3 is 0 Å². The Balaban J connectivity index is 1.40. The lowest BCUT2D eigenvalue weighted by atomic mass is 9.73. The number of rotatable bonds is 8. The Bertz CT molecular complexity index is 710. The summed E-state index contributed by atoms with van der Waals surface area (Å²) in [6.07, 6.45) is 4.82. The fraction of sp³-hybridized carbons (Fsp3) is 0.571. The molecule has 1 spiro atoms. The van der Waals surface area contributed by atoms with Crippen LogP contribution in [0.25, 0.3) is 0 Å². The van der Waals surface area contributed by atoms with Crippen molar-refractivity contribution in [2.75, 3.05) is 26.3 Å². The minimum atomic E-state index is -0.549. The maximum absolute atomic E-state index is 12.7. The first-order valence-electron chi connectivity index (χ1n) is 10.0. The monoisotopic (exact) mass is 388 g/mol. The van der Waals surface area contributed by atoms with Gasteiger partial charge in [0.05, 0.1) is 18.6 Å². The number of likely N-dealkylation sites (tertiary alicyclic amines) is 1. The molecule has 3 amide bonds. The fourth-order valence-corrected chi connectivity index (χ4v) is 4.00. The Labute approximate surface area is 165 Å². The number of hydrogen-bond acceptors (Lipinski definition) is 5. The summed E-state index contributed by atoms with van der Waals surface area (Å²) in [4.78, 5) is 38.3. The van der Waals surface area contributed by atoms with Gasteiger partial charge in [-0.15, -0.1) is 0 Å². The molecular weight excluding hydrogens is 360 g/mol. The van der Waals surface area contributed by atoms with Crippen LogP contribution in [0.2, 0.25) is 0 Å². The summed E-state index contributed by atoms with van der Waals surface area (Å²) in [5, 5.41) is 2.71. The number of ether oxygens (including phenoxy) is 2. The molecule has 0 bridgehead atoms. The first-order valence-corrected chi connectivity index (χ1v) is 10.0. The second-order valence-electron chi connectivity index (χ2n) is 7.41. The van der Waals surface area contributed by atoms with Crippen LogP contribution in [0.3, 0.4) is 0 Å². The van der Waals surface area contributed by atoms with Crippen LogP contribution in [-0.2, 0) is 14.4 Å². The van der Waals surface area contributed by atoms with Gasteiger partial charge in [0.25, 0.3) is 0 Å². The van der Waals surface area contributed by atoms with Crippen LogP contribution in [0.15, 0.2) is 24.3 Å². The predicted molar refractivity (Wildman–Crippen MR) is 103 cm³/mol. The third-order valence-corrected chi connectivity index (χ3v) is 5.43. The molecule has 1 heterocycles. The molecule has 3 rings (SSSR count). The smallest absolute Gasteiger partial charge is 0.240 e. The highest BCUT2D eigenvalue weighted by Gasteiger charge is 2.51. The van der Waals surface area contributed by atoms with E-state index in [2.05, 4.69) is 5.32 Å². The maximum atomic E-state index is 12.7. The third kappa shape index (κ3) is 4.64. The van der Waals surface area contributed by atoms with E-state index in [0.717, 1.165) is 42.8 Å². The Morgan fingerprint density at radius 1 is 1.07 bits per heavy atom. The van der Waals surface area contributed by atoms with Crippen molar-refractivity contribution in [3.05, 3.63) is 24.3 Å². The normalized spacial score (nSPS) is 18.4. The molecule has 7 nitrogen and oxygen atoms in total. The van der Waals surface area contributed by atoms with Gasteiger partial charge in [-0.05, 0) is 44.0 Å². The lowest BCUT2D eigenvalue weighted by Crippen LogP contribution is -2.43. The van der Waals surface area contributed by atoms with E-state index < -0.39 is 5.41 Å². The van der Waals surface area contributed by atoms with Gasteiger partial charge < -0.3 is 14.8 Å². The van der Waals surface area contributed by atoms with Gasteiger partial charge in [-0.3, -0.25) is 19.3 Å². The van der Waals surface area contributed by atoms with Crippen molar-refractivity contribution in [3.8, 4) is 11.5 Å². The second kappa shape index (κ2) is 9.08. The molecule has 1 N–H and O–H groups in total. The van der Waals surface area contributed by atoms with Crippen molar-refractivity contribution in [3.63, 3.8) is 0 Å². The summed E-state index contributed by atoms with van der Waals surface area (Å²) in [6.45, 7) is 2.92. The summed E-state index contributed by atoms with van der Waals surface area (Å²) < 4.78 is 10.9. The van der Waals surface area contributed by atoms with Crippen molar-refractivity contribution < 1.29 is 23.9 Å². The number of amides is 3. The molecule has 28 heavy (non-hydrogen) atoms. The first kappa shape index (κ1) is 20.2. The standard InChI is InChI=1S/C21H28N2O5/c1-2-27-16-6-8-17(9-7-16)28-13-12-22-18(24)15-23-19(25)14-21(20(23)26)10-4-3-5-11-21/h6-9H,2-5,10-15H2,1H3,(H,22,24). The average Bonchev–Trinajstić information content (AvgIpc) is 2.91. The van der Waals surface area contributed by atoms with Crippen LogP contribution < -0.4 is 14.8 Å². The van der Waals surface area contributed by atoms with Crippen molar-refractivity contribution in [2.24, 2.45) is 5.41 Å². The molecule has 7 heteroatoms. The SMILES string of the molecule is CCOc1ccc(OCCNC(=O)CN2C(=O)CC3(CCCCC3)C2=O)cc1. The molecule has 1 aliphatic carbocycles. The number of imide groups is 1. The second-order valence-corrected chi connectivity index (χ2v) is 7.41. The highest BCUT2D eigenvalue weighted by atomic mass is 16.5. The minimum Gasteiger partial charge on any atom is -0.494 e. The van der Waals surface area contributed by atoms with E-state index in [1.165, 1.54) is 0 Å². The van der Waals surface area contributed by atoms with Gasteiger partial charge in [0.1, 0.15) is 24.7 Å². The van der Waals surface area contributed by atoms with Crippen molar-refractivity contribution in [1.29, 1.82) is 0 Å². The van der Waals surface area contributed by atoms with E-state index >= 15 is 0 Å². The Kier molecular flexibility index (Phi) is 6.54. The molecule has 0 atom stereocenters. The van der Waals surface area contributed by atoms with Crippen LogP contribution in [0, 0.1) is 5.41 Å². The lowest BCUT2D eigenvalue weighted by Gasteiger charge is -2.30. The van der Waals surface area contributed by atoms with Crippen molar-refractivity contribution in [1.82, 2.24) is 10.2 Å². The molecule has 152 valence electrons. The predicted octanol–water partition coefficient (Wildman–Crippen LogP) is 2.29. The van der Waals surface area contributed by atoms with Crippen LogP contribution in [0.4, 0.5) is 0 Å². The van der Waals surface area contributed by atoms with E-state index in [9.17, 15) is 14.4 Å². The van der Waals surface area contributed by atoms with Gasteiger partial charge in [0, 0.05) is 6.42 Å². The summed E-state index contributed by atoms with van der Waals surface area (Å²) in [6, 6.07) is 7.25. The van der Waals surface area contributed by atoms with Crippen LogP contribution >= 0.6 is 0 Å². The van der Waals surface area contributed by atoms with E-state index in [-0.39, 0.29) is 30.7 Å². The van der Waals surface area contributed by atoms with E-state index in [0.29, 0.717) is 25.5 Å². The zero-order chi connectivity index (χ0) is 20.0. The molecule has 1 saturated carbocycles. The van der Waals surface area contributed by atoms with E-state index in [4.69, 9.17) is 9.47 Å². The highest BCUT2D eigenvalue weighted by molar-refractivity contribution is 6.08. The van der Waals surface area contributed by atoms with Crippen molar-refractivity contribution in [2.45, 2.75) is 45.4 Å². The molecule has 1 aliphatic heterocycles. The number of benzene rings is 1. The number of nitrogens with zero attached hydrogens (tertiary/aromatic N) is 1. The zero-order valence-corrected chi connectivity index (χ0v) is 16.4. The Morgan fingerprint density at radius 2 is 1.71 bits per heavy atom. The number of nitrogens with one attached hydrogen (secondary N) is 1. The topological polar surface area (TPSA) is 84.9 Å². The minimum absolute atomic E-state index is 0.169. The van der Waals surface area contributed by atoms with Gasteiger partial charge in [-0.2, -0.15) is 0 Å². The highest BCUT2D eigenvalue weighted by Crippen LogP contribution is 2.45. The molecule has 1 saturated heterocycles. The summed E-state index contributed by atoms with van der Waals surface area (Å²) in [5.41, 5.74) is -0.549. The fourth-order valence-electron chi connectivity index (χ4n) is 4.00. The number of carbonyl (C=O) groups excluding carboxylic acids is 3. The molecule has 0 radical (unpaired) electrons. The molecule has 2 aliphatic rings. The molecule has 2 fully saturated rings. The largest absolute Gasteiger partial charge is 0.494 e. The maximum Gasteiger partial charge on any atom is 0.240 e. The van der Waals surface area contributed by atoms with Gasteiger partial charge in [0.15, 0.2) is 0 Å². The molecule has 1 aromatic rings. The quantitative estimate of drug-likeness (QED) is 0.546. The number of hydrogen-bond donors (Lipinski definition) is 1. The zero-order valence-electron chi connectivity index (χ0n) is 16.4. The lowest BCUT2D eigenvalue weighted by molar-refractivity contribution is -0.145. The molecular formula is C21H28N2O5. The molecule has 0 aromatic heterocycles.